The van der Waals surface area contributed by atoms with Crippen LogP contribution in [0.25, 0.3) is 11.1 Å². The number of carbonyl (C=O) groups is 1. The van der Waals surface area contributed by atoms with E-state index < -0.39 is 18.3 Å². The van der Waals surface area contributed by atoms with Crippen LogP contribution in [-0.2, 0) is 9.53 Å². The third-order valence-corrected chi connectivity index (χ3v) is 4.71. The number of rotatable bonds is 8. The molecule has 0 aliphatic carbocycles. The molecule has 0 aliphatic rings. The minimum atomic E-state index is -1.16. The second-order valence-corrected chi connectivity index (χ2v) is 6.87. The number of aliphatic carboxylic acids is 1. The summed E-state index contributed by atoms with van der Waals surface area (Å²) in [4.78, 5) is 27.5. The Morgan fingerprint density at radius 1 is 1.21 bits per heavy atom. The van der Waals surface area contributed by atoms with Crippen molar-refractivity contribution in [2.24, 2.45) is 0 Å². The van der Waals surface area contributed by atoms with Crippen LogP contribution in [0.3, 0.4) is 0 Å². The van der Waals surface area contributed by atoms with E-state index in [2.05, 4.69) is 4.98 Å². The van der Waals surface area contributed by atoms with Gasteiger partial charge in [-0.2, -0.15) is 0 Å². The molecule has 0 bridgehead atoms. The van der Waals surface area contributed by atoms with Gasteiger partial charge in [0, 0.05) is 37.2 Å². The largest absolute Gasteiger partial charge is 0.481 e. The summed E-state index contributed by atoms with van der Waals surface area (Å²) < 4.78 is 4.92. The Morgan fingerprint density at radius 3 is 2.54 bits per heavy atom. The zero-order valence-corrected chi connectivity index (χ0v) is 16.4. The maximum absolute atomic E-state index is 11.2. The van der Waals surface area contributed by atoms with Crippen molar-refractivity contribution in [3.05, 3.63) is 46.9 Å². The van der Waals surface area contributed by atoms with E-state index in [4.69, 9.17) is 20.7 Å². The van der Waals surface area contributed by atoms with Crippen molar-refractivity contribution in [1.29, 1.82) is 10.8 Å². The number of aromatic amines is 1. The first-order valence-electron chi connectivity index (χ1n) is 8.43. The monoisotopic (exact) mass is 402 g/mol. The van der Waals surface area contributed by atoms with E-state index in [0.29, 0.717) is 6.54 Å². The lowest BCUT2D eigenvalue weighted by atomic mass is 10.1. The first-order valence-corrected chi connectivity index (χ1v) is 9.65. The minimum absolute atomic E-state index is 0.145. The van der Waals surface area contributed by atoms with E-state index in [-0.39, 0.29) is 17.9 Å². The number of carboxylic acids is 1. The SMILES string of the molecule is CSc1cc(-c2ccc(=O)[nH]c2)ccc1N(C)CCC(=N)OC(=N)CC(=O)O. The Kier molecular flexibility index (Phi) is 7.39. The van der Waals surface area contributed by atoms with Crippen molar-refractivity contribution in [3.63, 3.8) is 0 Å². The van der Waals surface area contributed by atoms with E-state index in [1.807, 2.05) is 36.4 Å². The normalized spacial score (nSPS) is 10.4. The molecule has 0 aliphatic heterocycles. The molecular formula is C19H22N4O4S. The van der Waals surface area contributed by atoms with Crippen LogP contribution >= 0.6 is 11.8 Å². The summed E-state index contributed by atoms with van der Waals surface area (Å²) in [5, 5.41) is 23.8. The summed E-state index contributed by atoms with van der Waals surface area (Å²) in [6.45, 7) is 0.477. The van der Waals surface area contributed by atoms with Crippen LogP contribution in [0.5, 0.6) is 0 Å². The number of nitrogens with one attached hydrogen (secondary N) is 3. The first kappa shape index (κ1) is 21.2. The van der Waals surface area contributed by atoms with Gasteiger partial charge in [-0.3, -0.25) is 20.4 Å². The molecule has 8 nitrogen and oxygen atoms in total. The number of carboxylic acid groups (broad SMARTS) is 1. The number of hydrogen-bond donors (Lipinski definition) is 4. The summed E-state index contributed by atoms with van der Waals surface area (Å²) >= 11 is 1.59. The number of anilines is 1. The fourth-order valence-corrected chi connectivity index (χ4v) is 3.20. The molecule has 2 aromatic rings. The molecule has 148 valence electrons. The lowest BCUT2D eigenvalue weighted by Gasteiger charge is -2.22. The fourth-order valence-electron chi connectivity index (χ4n) is 2.53. The van der Waals surface area contributed by atoms with Gasteiger partial charge in [0.2, 0.25) is 5.56 Å². The highest BCUT2D eigenvalue weighted by molar-refractivity contribution is 7.98. The Labute approximate surface area is 166 Å². The van der Waals surface area contributed by atoms with Crippen LogP contribution in [0.2, 0.25) is 0 Å². The van der Waals surface area contributed by atoms with E-state index in [1.165, 1.54) is 6.07 Å². The zero-order valence-electron chi connectivity index (χ0n) is 15.6. The van der Waals surface area contributed by atoms with E-state index >= 15 is 0 Å². The molecule has 1 heterocycles. The molecule has 0 saturated carbocycles. The fraction of sp³-hybridized carbons (Fsp3) is 0.263. The molecule has 0 atom stereocenters. The molecule has 0 radical (unpaired) electrons. The highest BCUT2D eigenvalue weighted by Crippen LogP contribution is 2.32. The van der Waals surface area contributed by atoms with Gasteiger partial charge in [-0.15, -0.1) is 11.8 Å². The van der Waals surface area contributed by atoms with Crippen LogP contribution in [0.4, 0.5) is 5.69 Å². The molecule has 28 heavy (non-hydrogen) atoms. The van der Waals surface area contributed by atoms with Crippen molar-refractivity contribution in [1.82, 2.24) is 4.98 Å². The number of hydrogen-bond acceptors (Lipinski definition) is 7. The number of H-pyrrole nitrogens is 1. The van der Waals surface area contributed by atoms with Crippen LogP contribution in [0.15, 0.2) is 46.2 Å². The van der Waals surface area contributed by atoms with Gasteiger partial charge in [0.25, 0.3) is 0 Å². The van der Waals surface area contributed by atoms with Crippen LogP contribution in [-0.4, -0.2) is 47.7 Å². The summed E-state index contributed by atoms with van der Waals surface area (Å²) in [5.74, 6) is -1.76. The zero-order chi connectivity index (χ0) is 20.7. The number of benzene rings is 1. The number of thioether (sulfide) groups is 1. The second kappa shape index (κ2) is 9.75. The van der Waals surface area contributed by atoms with Crippen LogP contribution in [0.1, 0.15) is 12.8 Å². The Balaban J connectivity index is 2.04. The molecule has 0 amide bonds. The Bertz CT molecular complexity index is 921. The topological polar surface area (TPSA) is 130 Å². The highest BCUT2D eigenvalue weighted by Gasteiger charge is 2.12. The summed E-state index contributed by atoms with van der Waals surface area (Å²) in [5.41, 5.74) is 2.73. The lowest BCUT2D eigenvalue weighted by Crippen LogP contribution is -2.23. The molecule has 1 aromatic heterocycles. The van der Waals surface area contributed by atoms with Gasteiger partial charge < -0.3 is 19.7 Å². The maximum Gasteiger partial charge on any atom is 0.312 e. The predicted octanol–water partition coefficient (Wildman–Crippen LogP) is 3.04. The summed E-state index contributed by atoms with van der Waals surface area (Å²) in [6.07, 6.45) is 3.35. The molecule has 4 N–H and O–H groups in total. The lowest BCUT2D eigenvalue weighted by molar-refractivity contribution is -0.135. The average Bonchev–Trinajstić information content (AvgIpc) is 2.65. The number of ether oxygens (including phenoxy) is 1. The van der Waals surface area contributed by atoms with Crippen LogP contribution < -0.4 is 10.5 Å². The van der Waals surface area contributed by atoms with Gasteiger partial charge in [-0.25, -0.2) is 0 Å². The standard InChI is InChI=1S/C19H22N4O4S/c1-23(8-7-16(20)27-17(21)10-19(25)26)14-5-3-12(9-15(14)28-2)13-4-6-18(24)22-11-13/h3-6,9,11,20-21H,7-8,10H2,1-2H3,(H,22,24)(H,25,26). The van der Waals surface area contributed by atoms with E-state index in [9.17, 15) is 9.59 Å². The van der Waals surface area contributed by atoms with Gasteiger partial charge in [0.1, 0.15) is 6.42 Å². The smallest absolute Gasteiger partial charge is 0.312 e. The number of pyridine rings is 1. The third kappa shape index (κ3) is 5.98. The molecule has 0 unspecified atom stereocenters. The molecule has 1 aromatic carbocycles. The van der Waals surface area contributed by atoms with Gasteiger partial charge in [0.05, 0.1) is 5.69 Å². The van der Waals surface area contributed by atoms with Crippen molar-refractivity contribution in [3.8, 4) is 11.1 Å². The maximum atomic E-state index is 11.2. The van der Waals surface area contributed by atoms with Crippen molar-refractivity contribution in [2.45, 2.75) is 17.7 Å². The second-order valence-electron chi connectivity index (χ2n) is 6.02. The van der Waals surface area contributed by atoms with Gasteiger partial charge >= 0.3 is 5.97 Å². The first-order chi connectivity index (χ1) is 13.3. The van der Waals surface area contributed by atoms with E-state index in [0.717, 1.165) is 21.7 Å². The summed E-state index contributed by atoms with van der Waals surface area (Å²) in [6, 6.07) is 9.23. The predicted molar refractivity (Wildman–Crippen MR) is 111 cm³/mol. The van der Waals surface area contributed by atoms with Crippen molar-refractivity contribution >= 4 is 35.2 Å². The van der Waals surface area contributed by atoms with Crippen molar-refractivity contribution < 1.29 is 14.6 Å². The Hall–Kier alpha value is -3.07. The summed E-state index contributed by atoms with van der Waals surface area (Å²) in [7, 11) is 1.89. The van der Waals surface area contributed by atoms with Gasteiger partial charge in [0.15, 0.2) is 11.8 Å². The van der Waals surface area contributed by atoms with Crippen molar-refractivity contribution in [2.75, 3.05) is 24.7 Å². The minimum Gasteiger partial charge on any atom is -0.481 e. The third-order valence-electron chi connectivity index (χ3n) is 3.94. The van der Waals surface area contributed by atoms with Gasteiger partial charge in [-0.05, 0) is 35.6 Å². The quantitative estimate of drug-likeness (QED) is 0.305. The average molecular weight is 402 g/mol. The number of aromatic nitrogens is 1. The molecular weight excluding hydrogens is 380 g/mol. The molecule has 9 heteroatoms. The molecule has 0 spiro atoms. The van der Waals surface area contributed by atoms with Crippen LogP contribution in [0, 0.1) is 10.8 Å². The molecule has 0 fully saturated rings. The highest BCUT2D eigenvalue weighted by atomic mass is 32.2. The number of nitrogens with zero attached hydrogens (tertiary/aromatic N) is 1. The molecule has 2 rings (SSSR count). The van der Waals surface area contributed by atoms with Gasteiger partial charge in [-0.1, -0.05) is 6.07 Å². The van der Waals surface area contributed by atoms with E-state index in [1.54, 1.807) is 24.0 Å². The Morgan fingerprint density at radius 2 is 1.93 bits per heavy atom. The molecule has 0 saturated heterocycles.